The van der Waals surface area contributed by atoms with Crippen molar-refractivity contribution in [3.8, 4) is 11.5 Å². The van der Waals surface area contributed by atoms with Gasteiger partial charge >= 0.3 is 0 Å². The fraction of sp³-hybridized carbons (Fsp3) is 0.176. The second kappa shape index (κ2) is 7.31. The number of methoxy groups -OCH3 is 2. The molecule has 2 N–H and O–H groups in total. The Morgan fingerprint density at radius 2 is 1.30 bits per heavy atom. The molecule has 0 aliphatic rings. The molecule has 0 saturated carbocycles. The lowest BCUT2D eigenvalue weighted by Gasteiger charge is -2.13. The predicted octanol–water partition coefficient (Wildman–Crippen LogP) is 2.91. The number of ether oxygens (including phenoxy) is 2. The van der Waals surface area contributed by atoms with Crippen LogP contribution in [-0.4, -0.2) is 26.0 Å². The van der Waals surface area contributed by atoms with E-state index in [2.05, 4.69) is 10.6 Å². The molecule has 0 aliphatic heterocycles. The highest BCUT2D eigenvalue weighted by atomic mass is 16.5. The quantitative estimate of drug-likeness (QED) is 0.889. The van der Waals surface area contributed by atoms with Crippen LogP contribution in [0.5, 0.6) is 11.5 Å². The second-order valence-electron chi connectivity index (χ2n) is 4.75. The minimum Gasteiger partial charge on any atom is -0.496 e. The van der Waals surface area contributed by atoms with Crippen molar-refractivity contribution in [3.05, 3.63) is 48.0 Å². The fourth-order valence-corrected chi connectivity index (χ4v) is 2.11. The van der Waals surface area contributed by atoms with Gasteiger partial charge in [-0.05, 0) is 36.4 Å². The number of hydrogen-bond donors (Lipinski definition) is 2. The van der Waals surface area contributed by atoms with Crippen molar-refractivity contribution in [2.24, 2.45) is 0 Å². The molecule has 6 heteroatoms. The molecule has 0 bridgehead atoms. The Kier molecular flexibility index (Phi) is 5.19. The van der Waals surface area contributed by atoms with E-state index in [1.807, 2.05) is 0 Å². The first-order valence-corrected chi connectivity index (χ1v) is 6.95. The van der Waals surface area contributed by atoms with Crippen LogP contribution in [0, 0.1) is 0 Å². The predicted molar refractivity (Wildman–Crippen MR) is 88.2 cm³/mol. The maximum absolute atomic E-state index is 12.5. The Hall–Kier alpha value is -3.02. The summed E-state index contributed by atoms with van der Waals surface area (Å²) in [5.41, 5.74) is 1.57. The van der Waals surface area contributed by atoms with Crippen LogP contribution in [0.25, 0.3) is 0 Å². The highest BCUT2D eigenvalue weighted by Gasteiger charge is 2.18. The van der Waals surface area contributed by atoms with Crippen LogP contribution in [0.1, 0.15) is 17.3 Å². The highest BCUT2D eigenvalue weighted by Crippen LogP contribution is 2.29. The van der Waals surface area contributed by atoms with Crippen LogP contribution >= 0.6 is 0 Å². The second-order valence-corrected chi connectivity index (χ2v) is 4.75. The van der Waals surface area contributed by atoms with Crippen LogP contribution in [0.2, 0.25) is 0 Å². The van der Waals surface area contributed by atoms with Gasteiger partial charge in [-0.25, -0.2) is 0 Å². The summed E-state index contributed by atoms with van der Waals surface area (Å²) in [7, 11) is 2.99. The standard InChI is InChI=1S/C17H18N2O4/c1-11(20)18-12-7-9-13(10-8-12)19-17(21)16-14(22-2)5-4-6-15(16)23-3/h4-10H,1-3H3,(H,18,20)(H,19,21). The molecule has 0 aromatic heterocycles. The lowest BCUT2D eigenvalue weighted by molar-refractivity contribution is -0.114. The maximum Gasteiger partial charge on any atom is 0.263 e. The molecule has 23 heavy (non-hydrogen) atoms. The summed E-state index contributed by atoms with van der Waals surface area (Å²) in [6.45, 7) is 1.43. The molecule has 120 valence electrons. The van der Waals surface area contributed by atoms with Crippen molar-refractivity contribution in [1.29, 1.82) is 0 Å². The van der Waals surface area contributed by atoms with Gasteiger partial charge in [0.15, 0.2) is 0 Å². The molecule has 0 atom stereocenters. The van der Waals surface area contributed by atoms with E-state index >= 15 is 0 Å². The Bertz CT molecular complexity index is 689. The van der Waals surface area contributed by atoms with E-state index in [4.69, 9.17) is 9.47 Å². The molecule has 2 aromatic carbocycles. The Balaban J connectivity index is 2.21. The van der Waals surface area contributed by atoms with Gasteiger partial charge in [0.05, 0.1) is 14.2 Å². The minimum atomic E-state index is -0.341. The average molecular weight is 314 g/mol. The summed E-state index contributed by atoms with van der Waals surface area (Å²) in [5, 5.41) is 5.44. The Labute approximate surface area is 134 Å². The van der Waals surface area contributed by atoms with Gasteiger partial charge in [-0.1, -0.05) is 6.07 Å². The first-order chi connectivity index (χ1) is 11.0. The third-order valence-corrected chi connectivity index (χ3v) is 3.12. The van der Waals surface area contributed by atoms with E-state index in [0.717, 1.165) is 0 Å². The van der Waals surface area contributed by atoms with Gasteiger partial charge in [-0.2, -0.15) is 0 Å². The molecule has 0 fully saturated rings. The lowest BCUT2D eigenvalue weighted by Crippen LogP contribution is -2.14. The van der Waals surface area contributed by atoms with E-state index in [-0.39, 0.29) is 11.8 Å². The molecule has 2 amide bonds. The molecular formula is C17H18N2O4. The molecule has 0 aliphatic carbocycles. The fourth-order valence-electron chi connectivity index (χ4n) is 2.11. The smallest absolute Gasteiger partial charge is 0.263 e. The van der Waals surface area contributed by atoms with Crippen molar-refractivity contribution >= 4 is 23.2 Å². The molecule has 0 saturated heterocycles. The van der Waals surface area contributed by atoms with Crippen LogP contribution in [0.15, 0.2) is 42.5 Å². The monoisotopic (exact) mass is 314 g/mol. The molecule has 0 radical (unpaired) electrons. The molecule has 6 nitrogen and oxygen atoms in total. The summed E-state index contributed by atoms with van der Waals surface area (Å²) < 4.78 is 10.4. The van der Waals surface area contributed by atoms with Gasteiger partial charge in [0, 0.05) is 18.3 Å². The molecule has 0 heterocycles. The molecular weight excluding hydrogens is 296 g/mol. The van der Waals surface area contributed by atoms with Crippen molar-refractivity contribution in [3.63, 3.8) is 0 Å². The van der Waals surface area contributed by atoms with Crippen molar-refractivity contribution < 1.29 is 19.1 Å². The van der Waals surface area contributed by atoms with Gasteiger partial charge in [0.25, 0.3) is 5.91 Å². The number of rotatable bonds is 5. The summed E-state index contributed by atoms with van der Waals surface area (Å²) in [4.78, 5) is 23.5. The topological polar surface area (TPSA) is 76.7 Å². The van der Waals surface area contributed by atoms with E-state index in [1.165, 1.54) is 21.1 Å². The zero-order chi connectivity index (χ0) is 16.8. The lowest BCUT2D eigenvalue weighted by atomic mass is 10.1. The third-order valence-electron chi connectivity index (χ3n) is 3.12. The minimum absolute atomic E-state index is 0.152. The Morgan fingerprint density at radius 1 is 0.826 bits per heavy atom. The number of carbonyl (C=O) groups excluding carboxylic acids is 2. The average Bonchev–Trinajstić information content (AvgIpc) is 2.55. The summed E-state index contributed by atoms with van der Waals surface area (Å²) in [5.74, 6) is 0.362. The van der Waals surface area contributed by atoms with E-state index in [0.29, 0.717) is 28.4 Å². The van der Waals surface area contributed by atoms with Crippen molar-refractivity contribution in [2.75, 3.05) is 24.9 Å². The normalized spacial score (nSPS) is 9.87. The molecule has 2 aromatic rings. The summed E-state index contributed by atoms with van der Waals surface area (Å²) in [6.07, 6.45) is 0. The van der Waals surface area contributed by atoms with Crippen LogP contribution < -0.4 is 20.1 Å². The van der Waals surface area contributed by atoms with Gasteiger partial charge in [0.1, 0.15) is 17.1 Å². The molecule has 0 unspecified atom stereocenters. The number of carbonyl (C=O) groups is 2. The van der Waals surface area contributed by atoms with Crippen LogP contribution in [-0.2, 0) is 4.79 Å². The van der Waals surface area contributed by atoms with E-state index in [9.17, 15) is 9.59 Å². The number of nitrogens with one attached hydrogen (secondary N) is 2. The highest BCUT2D eigenvalue weighted by molar-refractivity contribution is 6.08. The van der Waals surface area contributed by atoms with E-state index in [1.54, 1.807) is 42.5 Å². The van der Waals surface area contributed by atoms with Gasteiger partial charge in [-0.15, -0.1) is 0 Å². The SMILES string of the molecule is COc1cccc(OC)c1C(=O)Nc1ccc(NC(C)=O)cc1. The van der Waals surface area contributed by atoms with Crippen molar-refractivity contribution in [2.45, 2.75) is 6.92 Å². The summed E-state index contributed by atoms with van der Waals surface area (Å²) in [6, 6.07) is 11.9. The molecule has 2 rings (SSSR count). The maximum atomic E-state index is 12.5. The largest absolute Gasteiger partial charge is 0.496 e. The van der Waals surface area contributed by atoms with Gasteiger partial charge in [-0.3, -0.25) is 9.59 Å². The molecule has 0 spiro atoms. The number of anilines is 2. The van der Waals surface area contributed by atoms with E-state index < -0.39 is 0 Å². The van der Waals surface area contributed by atoms with Gasteiger partial charge < -0.3 is 20.1 Å². The first kappa shape index (κ1) is 16.4. The number of benzene rings is 2. The summed E-state index contributed by atoms with van der Waals surface area (Å²) >= 11 is 0. The number of amides is 2. The van der Waals surface area contributed by atoms with Crippen molar-refractivity contribution in [1.82, 2.24) is 0 Å². The Morgan fingerprint density at radius 3 is 1.74 bits per heavy atom. The zero-order valence-electron chi connectivity index (χ0n) is 13.2. The third kappa shape index (κ3) is 4.00. The zero-order valence-corrected chi connectivity index (χ0v) is 13.2. The van der Waals surface area contributed by atoms with Crippen LogP contribution in [0.4, 0.5) is 11.4 Å². The van der Waals surface area contributed by atoms with Gasteiger partial charge in [0.2, 0.25) is 5.91 Å². The first-order valence-electron chi connectivity index (χ1n) is 6.95. The number of hydrogen-bond acceptors (Lipinski definition) is 4. The van der Waals surface area contributed by atoms with Crippen LogP contribution in [0.3, 0.4) is 0 Å².